The minimum Gasteiger partial charge on any atom is -0.480 e. The predicted molar refractivity (Wildman–Crippen MR) is 96.6 cm³/mol. The molecule has 148 valence electrons. The van der Waals surface area contributed by atoms with E-state index in [9.17, 15) is 19.5 Å². The van der Waals surface area contributed by atoms with Crippen molar-refractivity contribution >= 4 is 17.8 Å². The second-order valence-electron chi connectivity index (χ2n) is 7.14. The monoisotopic (exact) mass is 371 g/mol. The quantitative estimate of drug-likeness (QED) is 0.633. The zero-order chi connectivity index (χ0) is 21.8. The molecule has 1 heterocycles. The molecule has 0 spiro atoms. The predicted octanol–water partition coefficient (Wildman–Crippen LogP) is 1.94. The van der Waals surface area contributed by atoms with Gasteiger partial charge in [-0.1, -0.05) is 26.2 Å². The third-order valence-electron chi connectivity index (χ3n) is 5.39. The zero-order valence-corrected chi connectivity index (χ0v) is 15.6. The van der Waals surface area contributed by atoms with Gasteiger partial charge in [-0.25, -0.2) is 4.79 Å². The van der Waals surface area contributed by atoms with Crippen molar-refractivity contribution in [2.24, 2.45) is 5.92 Å². The van der Waals surface area contributed by atoms with Gasteiger partial charge >= 0.3 is 11.9 Å². The fourth-order valence-electron chi connectivity index (χ4n) is 4.22. The van der Waals surface area contributed by atoms with Crippen molar-refractivity contribution in [3.63, 3.8) is 0 Å². The highest BCUT2D eigenvalue weighted by molar-refractivity contribution is 5.88. The van der Waals surface area contributed by atoms with E-state index in [0.717, 1.165) is 19.3 Å². The van der Waals surface area contributed by atoms with Crippen LogP contribution in [-0.2, 0) is 19.1 Å². The summed E-state index contributed by atoms with van der Waals surface area (Å²) in [7, 11) is 0. The summed E-state index contributed by atoms with van der Waals surface area (Å²) in [4.78, 5) is 38.7. The van der Waals surface area contributed by atoms with Gasteiger partial charge < -0.3 is 14.7 Å². The molecular formula is C19H32N2O5. The molecule has 0 aromatic carbocycles. The van der Waals surface area contributed by atoms with Crippen LogP contribution in [-0.4, -0.2) is 58.6 Å². The Hall–Kier alpha value is -1.63. The molecule has 1 saturated heterocycles. The lowest BCUT2D eigenvalue weighted by atomic mass is 9.84. The maximum absolute atomic E-state index is 13.4. The normalized spacial score (nSPS) is 29.7. The van der Waals surface area contributed by atoms with Crippen molar-refractivity contribution in [1.29, 1.82) is 0 Å². The SMILES string of the molecule is [2H]C([2H])([2H])[C@H](N[C@@H](CCC)C(=O)OCC)C(=O)N1[C@H](C(=O)O)C[C@@H]2CCCC[C@@H]21. The van der Waals surface area contributed by atoms with Crippen LogP contribution in [0.25, 0.3) is 0 Å². The number of nitrogens with zero attached hydrogens (tertiary/aromatic N) is 1. The van der Waals surface area contributed by atoms with Gasteiger partial charge in [0.15, 0.2) is 0 Å². The lowest BCUT2D eigenvalue weighted by Crippen LogP contribution is -2.55. The second-order valence-corrected chi connectivity index (χ2v) is 7.14. The van der Waals surface area contributed by atoms with Gasteiger partial charge in [0.1, 0.15) is 12.1 Å². The number of fused-ring (bicyclic) bond motifs is 1. The Bertz CT molecular complexity index is 613. The van der Waals surface area contributed by atoms with E-state index in [1.54, 1.807) is 6.92 Å². The van der Waals surface area contributed by atoms with Gasteiger partial charge in [0.2, 0.25) is 5.91 Å². The molecule has 0 bridgehead atoms. The smallest absolute Gasteiger partial charge is 0.326 e. The van der Waals surface area contributed by atoms with Gasteiger partial charge in [-0.2, -0.15) is 0 Å². The number of aliphatic carboxylic acids is 1. The standard InChI is InChI=1S/C19H32N2O5/c1-4-8-14(19(25)26-5-2)20-12(3)17(22)21-15-10-7-6-9-13(15)11-16(21)18(23)24/h12-16,20H,4-11H2,1-3H3,(H,23,24)/t12-,13-,14-,15-,16-/m0/s1/i3D3. The summed E-state index contributed by atoms with van der Waals surface area (Å²) in [5.41, 5.74) is 0. The number of hydrogen-bond donors (Lipinski definition) is 2. The van der Waals surface area contributed by atoms with Gasteiger partial charge in [0.05, 0.1) is 12.6 Å². The molecule has 1 aliphatic heterocycles. The first-order valence-corrected chi connectivity index (χ1v) is 9.59. The van der Waals surface area contributed by atoms with Crippen molar-refractivity contribution in [2.75, 3.05) is 6.61 Å². The molecule has 0 aromatic heterocycles. The van der Waals surface area contributed by atoms with Gasteiger partial charge in [-0.3, -0.25) is 14.9 Å². The van der Waals surface area contributed by atoms with Crippen LogP contribution in [0, 0.1) is 5.92 Å². The van der Waals surface area contributed by atoms with Crippen LogP contribution in [0.4, 0.5) is 0 Å². The Kier molecular flexibility index (Phi) is 5.95. The highest BCUT2D eigenvalue weighted by atomic mass is 16.5. The van der Waals surface area contributed by atoms with Gasteiger partial charge in [0, 0.05) is 10.2 Å². The van der Waals surface area contributed by atoms with Gasteiger partial charge in [0.25, 0.3) is 0 Å². The minimum absolute atomic E-state index is 0.0718. The Balaban J connectivity index is 2.31. The van der Waals surface area contributed by atoms with Crippen LogP contribution in [0.3, 0.4) is 0 Å². The summed E-state index contributed by atoms with van der Waals surface area (Å²) in [6.45, 7) is 0.904. The zero-order valence-electron chi connectivity index (χ0n) is 18.6. The largest absolute Gasteiger partial charge is 0.480 e. The van der Waals surface area contributed by atoms with Crippen molar-refractivity contribution in [3.05, 3.63) is 0 Å². The van der Waals surface area contributed by atoms with E-state index in [-0.39, 0.29) is 18.6 Å². The third kappa shape index (κ3) is 4.55. The van der Waals surface area contributed by atoms with Crippen molar-refractivity contribution in [1.82, 2.24) is 10.2 Å². The fraction of sp³-hybridized carbons (Fsp3) is 0.842. The number of rotatable bonds is 8. The van der Waals surface area contributed by atoms with Gasteiger partial charge in [-0.05, 0) is 45.4 Å². The summed E-state index contributed by atoms with van der Waals surface area (Å²) < 4.78 is 28.7. The van der Waals surface area contributed by atoms with Crippen LogP contribution in [0.5, 0.6) is 0 Å². The molecule has 7 nitrogen and oxygen atoms in total. The molecule has 1 aliphatic carbocycles. The third-order valence-corrected chi connectivity index (χ3v) is 5.39. The molecule has 2 fully saturated rings. The van der Waals surface area contributed by atoms with E-state index in [1.807, 2.05) is 6.92 Å². The number of carboxylic acid groups (broad SMARTS) is 1. The highest BCUT2D eigenvalue weighted by Crippen LogP contribution is 2.40. The summed E-state index contributed by atoms with van der Waals surface area (Å²) >= 11 is 0. The second kappa shape index (κ2) is 9.35. The summed E-state index contributed by atoms with van der Waals surface area (Å²) in [5, 5.41) is 12.3. The number of esters is 1. The summed E-state index contributed by atoms with van der Waals surface area (Å²) in [6, 6.07) is -3.90. The molecule has 0 aromatic rings. The molecule has 5 atom stereocenters. The Morgan fingerprint density at radius 2 is 2.04 bits per heavy atom. The van der Waals surface area contributed by atoms with Gasteiger partial charge in [-0.15, -0.1) is 0 Å². The van der Waals surface area contributed by atoms with Crippen LogP contribution in [0.2, 0.25) is 0 Å². The van der Waals surface area contributed by atoms with E-state index < -0.39 is 42.8 Å². The average Bonchev–Trinajstić information content (AvgIpc) is 3.03. The Morgan fingerprint density at radius 3 is 2.65 bits per heavy atom. The Labute approximate surface area is 159 Å². The summed E-state index contributed by atoms with van der Waals surface area (Å²) in [6.07, 6.45) is 4.62. The fourth-order valence-corrected chi connectivity index (χ4v) is 4.22. The van der Waals surface area contributed by atoms with Crippen molar-refractivity contribution < 1.29 is 28.3 Å². The first kappa shape index (κ1) is 16.5. The van der Waals surface area contributed by atoms with Crippen LogP contribution >= 0.6 is 0 Å². The number of amides is 1. The van der Waals surface area contributed by atoms with Crippen molar-refractivity contribution in [2.45, 2.75) is 89.8 Å². The molecule has 1 saturated carbocycles. The Morgan fingerprint density at radius 1 is 1.31 bits per heavy atom. The molecular weight excluding hydrogens is 336 g/mol. The highest BCUT2D eigenvalue weighted by Gasteiger charge is 2.48. The molecule has 1 amide bonds. The first-order valence-electron chi connectivity index (χ1n) is 11.1. The molecule has 7 heteroatoms. The maximum Gasteiger partial charge on any atom is 0.326 e. The molecule has 0 unspecified atom stereocenters. The number of likely N-dealkylation sites (tertiary alicyclic amines) is 1. The average molecular weight is 371 g/mol. The van der Waals surface area contributed by atoms with Crippen LogP contribution in [0.1, 0.15) is 69.8 Å². The van der Waals surface area contributed by atoms with E-state index in [4.69, 9.17) is 8.85 Å². The minimum atomic E-state index is -2.73. The van der Waals surface area contributed by atoms with Crippen molar-refractivity contribution in [3.8, 4) is 0 Å². The molecule has 2 N–H and O–H groups in total. The van der Waals surface area contributed by atoms with E-state index in [0.29, 0.717) is 25.7 Å². The van der Waals surface area contributed by atoms with E-state index >= 15 is 0 Å². The van der Waals surface area contributed by atoms with Crippen LogP contribution < -0.4 is 5.32 Å². The summed E-state index contributed by atoms with van der Waals surface area (Å²) in [5.74, 6) is -2.42. The van der Waals surface area contributed by atoms with E-state index in [1.165, 1.54) is 4.90 Å². The molecule has 2 aliphatic rings. The number of carbonyl (C=O) groups excluding carboxylic acids is 2. The topological polar surface area (TPSA) is 95.9 Å². The number of hydrogen-bond acceptors (Lipinski definition) is 5. The lowest BCUT2D eigenvalue weighted by molar-refractivity contribution is -0.152. The number of carboxylic acids is 1. The van der Waals surface area contributed by atoms with E-state index in [2.05, 4.69) is 5.32 Å². The molecule has 26 heavy (non-hydrogen) atoms. The van der Waals surface area contributed by atoms with Crippen LogP contribution in [0.15, 0.2) is 0 Å². The molecule has 2 rings (SSSR count). The maximum atomic E-state index is 13.4. The molecule has 0 radical (unpaired) electrons. The first-order chi connectivity index (χ1) is 13.6. The number of ether oxygens (including phenoxy) is 1. The number of carbonyl (C=O) groups is 3. The lowest BCUT2D eigenvalue weighted by Gasteiger charge is -2.35. The number of nitrogens with one attached hydrogen (secondary N) is 1.